The second kappa shape index (κ2) is 4.73. The van der Waals surface area contributed by atoms with Crippen molar-refractivity contribution in [3.8, 4) is 0 Å². The van der Waals surface area contributed by atoms with Crippen LogP contribution < -0.4 is 0 Å². The van der Waals surface area contributed by atoms with E-state index in [4.69, 9.17) is 0 Å². The van der Waals surface area contributed by atoms with Gasteiger partial charge in [0.25, 0.3) is 10.0 Å². The Morgan fingerprint density at radius 2 is 1.75 bits per heavy atom. The van der Waals surface area contributed by atoms with Crippen molar-refractivity contribution >= 4 is 15.8 Å². The molecule has 0 saturated heterocycles. The summed E-state index contributed by atoms with van der Waals surface area (Å²) in [6.45, 7) is 1.42. The number of sulfonamides is 1. The Kier molecular flexibility index (Phi) is 3.79. The summed E-state index contributed by atoms with van der Waals surface area (Å²) < 4.78 is 24.3. The first-order chi connectivity index (χ1) is 7.39. The van der Waals surface area contributed by atoms with Crippen LogP contribution in [0, 0.1) is 0 Å². The van der Waals surface area contributed by atoms with Crippen LogP contribution in [0.1, 0.15) is 17.3 Å². The van der Waals surface area contributed by atoms with Crippen LogP contribution in [0.3, 0.4) is 0 Å². The van der Waals surface area contributed by atoms with Crippen molar-refractivity contribution in [1.29, 1.82) is 0 Å². The molecular formula is C10H13NO4S. The first-order valence-electron chi connectivity index (χ1n) is 4.53. The number of hydroxylamine groups is 1. The van der Waals surface area contributed by atoms with E-state index in [-0.39, 0.29) is 10.7 Å². The maximum absolute atomic E-state index is 11.8. The summed E-state index contributed by atoms with van der Waals surface area (Å²) in [4.78, 5) is 15.7. The standard InChI is InChI=1S/C10H13NO4S/c1-8(12)9-4-6-10(7-5-9)16(13,14)11(2)15-3/h4-7H,1-3H3. The van der Waals surface area contributed by atoms with E-state index in [1.165, 1.54) is 45.3 Å². The summed E-state index contributed by atoms with van der Waals surface area (Å²) in [5.74, 6) is -0.107. The molecule has 0 heterocycles. The number of carbonyl (C=O) groups is 1. The summed E-state index contributed by atoms with van der Waals surface area (Å²) in [5.41, 5.74) is 0.471. The zero-order chi connectivity index (χ0) is 12.3. The van der Waals surface area contributed by atoms with Crippen LogP contribution in [-0.4, -0.2) is 32.8 Å². The van der Waals surface area contributed by atoms with E-state index in [0.717, 1.165) is 4.47 Å². The number of carbonyl (C=O) groups excluding carboxylic acids is 1. The van der Waals surface area contributed by atoms with Crippen LogP contribution in [0.15, 0.2) is 29.2 Å². The molecule has 1 rings (SSSR count). The molecule has 0 spiro atoms. The predicted octanol–water partition coefficient (Wildman–Crippen LogP) is 1.07. The third kappa shape index (κ3) is 2.46. The summed E-state index contributed by atoms with van der Waals surface area (Å²) in [6.07, 6.45) is 0. The molecule has 0 aliphatic heterocycles. The summed E-state index contributed by atoms with van der Waals surface area (Å²) in [5, 5.41) is 0. The normalized spacial score (nSPS) is 11.8. The fraction of sp³-hybridized carbons (Fsp3) is 0.300. The summed E-state index contributed by atoms with van der Waals surface area (Å²) in [7, 11) is -1.07. The van der Waals surface area contributed by atoms with E-state index in [1.54, 1.807) is 0 Å². The van der Waals surface area contributed by atoms with E-state index in [9.17, 15) is 13.2 Å². The number of benzene rings is 1. The Morgan fingerprint density at radius 1 is 1.25 bits per heavy atom. The molecule has 5 nitrogen and oxygen atoms in total. The van der Waals surface area contributed by atoms with Gasteiger partial charge >= 0.3 is 0 Å². The second-order valence-corrected chi connectivity index (χ2v) is 5.11. The molecule has 0 aromatic heterocycles. The van der Waals surface area contributed by atoms with Gasteiger partial charge in [-0.3, -0.25) is 9.63 Å². The first kappa shape index (κ1) is 12.8. The van der Waals surface area contributed by atoms with Gasteiger partial charge in [0.15, 0.2) is 5.78 Å². The van der Waals surface area contributed by atoms with Crippen LogP contribution in [0.2, 0.25) is 0 Å². The van der Waals surface area contributed by atoms with Crippen LogP contribution in [-0.2, 0) is 14.9 Å². The van der Waals surface area contributed by atoms with Gasteiger partial charge in [-0.25, -0.2) is 8.42 Å². The van der Waals surface area contributed by atoms with Crippen molar-refractivity contribution in [2.45, 2.75) is 11.8 Å². The van der Waals surface area contributed by atoms with Crippen LogP contribution in [0.4, 0.5) is 0 Å². The molecule has 0 bridgehead atoms. The van der Waals surface area contributed by atoms with Crippen LogP contribution in [0.25, 0.3) is 0 Å². The third-order valence-corrected chi connectivity index (χ3v) is 3.85. The van der Waals surface area contributed by atoms with Crippen molar-refractivity contribution in [2.75, 3.05) is 14.2 Å². The molecule has 0 unspecified atom stereocenters. The van der Waals surface area contributed by atoms with Crippen LogP contribution in [0.5, 0.6) is 0 Å². The number of ketones is 1. The molecule has 6 heteroatoms. The molecule has 0 saturated carbocycles. The fourth-order valence-corrected chi connectivity index (χ4v) is 2.08. The van der Waals surface area contributed by atoms with Gasteiger partial charge in [-0.15, -0.1) is 0 Å². The van der Waals surface area contributed by atoms with Gasteiger partial charge in [0.1, 0.15) is 0 Å². The molecule has 1 aromatic rings. The van der Waals surface area contributed by atoms with Crippen molar-refractivity contribution in [1.82, 2.24) is 4.47 Å². The molecular weight excluding hydrogens is 230 g/mol. The summed E-state index contributed by atoms with van der Waals surface area (Å²) >= 11 is 0. The number of hydrogen-bond donors (Lipinski definition) is 0. The van der Waals surface area contributed by atoms with E-state index in [1.807, 2.05) is 0 Å². The Morgan fingerprint density at radius 3 is 2.12 bits per heavy atom. The Labute approximate surface area is 94.6 Å². The lowest BCUT2D eigenvalue weighted by atomic mass is 10.2. The van der Waals surface area contributed by atoms with E-state index >= 15 is 0 Å². The maximum atomic E-state index is 11.8. The van der Waals surface area contributed by atoms with Gasteiger partial charge in [0.2, 0.25) is 0 Å². The van der Waals surface area contributed by atoms with Gasteiger partial charge < -0.3 is 0 Å². The second-order valence-electron chi connectivity index (χ2n) is 3.18. The lowest BCUT2D eigenvalue weighted by molar-refractivity contribution is -0.0258. The lowest BCUT2D eigenvalue weighted by Gasteiger charge is -2.13. The lowest BCUT2D eigenvalue weighted by Crippen LogP contribution is -2.25. The van der Waals surface area contributed by atoms with Gasteiger partial charge in [-0.2, -0.15) is 0 Å². The third-order valence-electron chi connectivity index (χ3n) is 2.15. The van der Waals surface area contributed by atoms with Crippen molar-refractivity contribution < 1.29 is 18.0 Å². The van der Waals surface area contributed by atoms with Gasteiger partial charge in [0, 0.05) is 12.6 Å². The summed E-state index contributed by atoms with van der Waals surface area (Å²) in [6, 6.07) is 5.70. The molecule has 1 aromatic carbocycles. The quantitative estimate of drug-likeness (QED) is 0.586. The van der Waals surface area contributed by atoms with Crippen molar-refractivity contribution in [2.24, 2.45) is 0 Å². The zero-order valence-corrected chi connectivity index (χ0v) is 10.1. The Balaban J connectivity index is 3.12. The monoisotopic (exact) mass is 243 g/mol. The van der Waals surface area contributed by atoms with E-state index in [2.05, 4.69) is 4.84 Å². The minimum absolute atomic E-state index is 0.0850. The Hall–Kier alpha value is -1.24. The molecule has 0 N–H and O–H groups in total. The highest BCUT2D eigenvalue weighted by Crippen LogP contribution is 2.15. The predicted molar refractivity (Wildman–Crippen MR) is 58.4 cm³/mol. The van der Waals surface area contributed by atoms with Gasteiger partial charge in [0.05, 0.1) is 12.0 Å². The first-order valence-corrected chi connectivity index (χ1v) is 5.97. The zero-order valence-electron chi connectivity index (χ0n) is 9.30. The van der Waals surface area contributed by atoms with Crippen molar-refractivity contribution in [3.63, 3.8) is 0 Å². The maximum Gasteiger partial charge on any atom is 0.264 e. The van der Waals surface area contributed by atoms with Gasteiger partial charge in [-0.05, 0) is 19.1 Å². The minimum atomic E-state index is -3.63. The molecule has 0 amide bonds. The van der Waals surface area contributed by atoms with Crippen molar-refractivity contribution in [3.05, 3.63) is 29.8 Å². The number of rotatable bonds is 4. The highest BCUT2D eigenvalue weighted by molar-refractivity contribution is 7.89. The number of Topliss-reactive ketones (excluding diaryl/α,β-unsaturated/α-hetero) is 1. The molecule has 16 heavy (non-hydrogen) atoms. The average Bonchev–Trinajstić information content (AvgIpc) is 2.28. The molecule has 0 atom stereocenters. The Bertz CT molecular complexity index is 478. The topological polar surface area (TPSA) is 63.7 Å². The highest BCUT2D eigenvalue weighted by Gasteiger charge is 2.20. The van der Waals surface area contributed by atoms with E-state index < -0.39 is 10.0 Å². The molecule has 0 radical (unpaired) electrons. The van der Waals surface area contributed by atoms with E-state index in [0.29, 0.717) is 5.56 Å². The number of hydrogen-bond acceptors (Lipinski definition) is 4. The average molecular weight is 243 g/mol. The number of nitrogens with zero attached hydrogens (tertiary/aromatic N) is 1. The molecule has 0 fully saturated rings. The fourth-order valence-electron chi connectivity index (χ4n) is 1.11. The largest absolute Gasteiger partial charge is 0.295 e. The van der Waals surface area contributed by atoms with Gasteiger partial charge in [-0.1, -0.05) is 16.6 Å². The minimum Gasteiger partial charge on any atom is -0.295 e. The smallest absolute Gasteiger partial charge is 0.264 e. The molecule has 0 aliphatic carbocycles. The highest BCUT2D eigenvalue weighted by atomic mass is 32.2. The van der Waals surface area contributed by atoms with Crippen LogP contribution >= 0.6 is 0 Å². The molecule has 0 aliphatic rings. The molecule has 88 valence electrons. The SMILES string of the molecule is CON(C)S(=O)(=O)c1ccc(C(C)=O)cc1.